The largest absolute Gasteiger partial charge is 0.0839 e. The van der Waals surface area contributed by atoms with Gasteiger partial charge in [0.05, 0.1) is 0 Å². The third-order valence-electron chi connectivity index (χ3n) is 2.84. The highest BCUT2D eigenvalue weighted by Crippen LogP contribution is 2.27. The Bertz CT molecular complexity index is 234. The molecule has 0 aliphatic rings. The Morgan fingerprint density at radius 3 is 1.93 bits per heavy atom. The average Bonchev–Trinajstić information content (AvgIpc) is 2.27. The van der Waals surface area contributed by atoms with Gasteiger partial charge in [0.1, 0.15) is 0 Å². The summed E-state index contributed by atoms with van der Waals surface area (Å²) in [5.74, 6) is 0.680. The van der Waals surface area contributed by atoms with Crippen molar-refractivity contribution in [3.8, 4) is 0 Å². The predicted octanol–water partition coefficient (Wildman–Crippen LogP) is 5.05. The molecule has 0 spiro atoms. The molecular formula is C13H19Br. The second-order valence-electron chi connectivity index (χ2n) is 3.85. The highest BCUT2D eigenvalue weighted by molar-refractivity contribution is 9.09. The molecule has 0 nitrogen and oxygen atoms in total. The molecule has 1 rings (SSSR count). The van der Waals surface area contributed by atoms with Crippen LogP contribution in [0.1, 0.15) is 55.5 Å². The van der Waals surface area contributed by atoms with Crippen LogP contribution in [0.2, 0.25) is 0 Å². The van der Waals surface area contributed by atoms with Crippen molar-refractivity contribution in [3.05, 3.63) is 35.4 Å². The SMILES string of the molecule is CCC(C)c1ccc(C(Br)CC)cc1. The van der Waals surface area contributed by atoms with Crippen LogP contribution in [0, 0.1) is 0 Å². The van der Waals surface area contributed by atoms with Crippen LogP contribution < -0.4 is 0 Å². The maximum atomic E-state index is 3.66. The van der Waals surface area contributed by atoms with Crippen molar-refractivity contribution in [2.24, 2.45) is 0 Å². The Kier molecular flexibility index (Phi) is 4.67. The second kappa shape index (κ2) is 5.55. The van der Waals surface area contributed by atoms with Crippen LogP contribution in [0.5, 0.6) is 0 Å². The van der Waals surface area contributed by atoms with Gasteiger partial charge in [-0.15, -0.1) is 0 Å². The van der Waals surface area contributed by atoms with E-state index in [9.17, 15) is 0 Å². The summed E-state index contributed by atoms with van der Waals surface area (Å²) < 4.78 is 0. The Balaban J connectivity index is 2.78. The molecule has 0 radical (unpaired) electrons. The molecule has 0 N–H and O–H groups in total. The molecule has 1 aromatic rings. The molecular weight excluding hydrogens is 236 g/mol. The molecule has 0 bridgehead atoms. The van der Waals surface area contributed by atoms with Gasteiger partial charge in [0.2, 0.25) is 0 Å². The molecule has 0 saturated heterocycles. The molecule has 0 aromatic heterocycles. The third-order valence-corrected chi connectivity index (χ3v) is 4.01. The van der Waals surface area contributed by atoms with Gasteiger partial charge in [-0.1, -0.05) is 61.0 Å². The summed E-state index contributed by atoms with van der Waals surface area (Å²) in [5, 5.41) is 0. The van der Waals surface area contributed by atoms with Gasteiger partial charge in [0.15, 0.2) is 0 Å². The van der Waals surface area contributed by atoms with Crippen molar-refractivity contribution in [1.29, 1.82) is 0 Å². The fraction of sp³-hybridized carbons (Fsp3) is 0.538. The van der Waals surface area contributed by atoms with Gasteiger partial charge >= 0.3 is 0 Å². The highest BCUT2D eigenvalue weighted by Gasteiger charge is 2.06. The second-order valence-corrected chi connectivity index (χ2v) is 4.96. The minimum absolute atomic E-state index is 0.508. The van der Waals surface area contributed by atoms with Crippen LogP contribution in [0.4, 0.5) is 0 Å². The van der Waals surface area contributed by atoms with E-state index in [0.717, 1.165) is 6.42 Å². The Morgan fingerprint density at radius 1 is 1.00 bits per heavy atom. The fourth-order valence-corrected chi connectivity index (χ4v) is 1.81. The smallest absolute Gasteiger partial charge is 0.0392 e. The summed E-state index contributed by atoms with van der Waals surface area (Å²) in [4.78, 5) is 0.508. The Morgan fingerprint density at radius 2 is 1.50 bits per heavy atom. The van der Waals surface area contributed by atoms with Gasteiger partial charge in [-0.05, 0) is 29.9 Å². The van der Waals surface area contributed by atoms with Crippen LogP contribution in [-0.4, -0.2) is 0 Å². The molecule has 2 atom stereocenters. The number of hydrogen-bond donors (Lipinski definition) is 0. The van der Waals surface area contributed by atoms with E-state index in [2.05, 4.69) is 61.0 Å². The first-order valence-electron chi connectivity index (χ1n) is 5.42. The molecule has 0 aliphatic heterocycles. The van der Waals surface area contributed by atoms with Crippen LogP contribution in [0.25, 0.3) is 0 Å². The lowest BCUT2D eigenvalue weighted by Gasteiger charge is -2.11. The first kappa shape index (κ1) is 11.8. The minimum Gasteiger partial charge on any atom is -0.0839 e. The molecule has 0 fully saturated rings. The Hall–Kier alpha value is -0.300. The van der Waals surface area contributed by atoms with Gasteiger partial charge in [-0.25, -0.2) is 0 Å². The van der Waals surface area contributed by atoms with Crippen LogP contribution in [-0.2, 0) is 0 Å². The monoisotopic (exact) mass is 254 g/mol. The summed E-state index contributed by atoms with van der Waals surface area (Å²) in [7, 11) is 0. The number of rotatable bonds is 4. The van der Waals surface area contributed by atoms with E-state index in [1.54, 1.807) is 0 Å². The minimum atomic E-state index is 0.508. The summed E-state index contributed by atoms with van der Waals surface area (Å²) in [6.07, 6.45) is 2.35. The number of alkyl halides is 1. The van der Waals surface area contributed by atoms with Gasteiger partial charge in [-0.2, -0.15) is 0 Å². The topological polar surface area (TPSA) is 0 Å². The summed E-state index contributed by atoms with van der Waals surface area (Å²) in [6.45, 7) is 6.71. The molecule has 0 amide bonds. The zero-order chi connectivity index (χ0) is 10.6. The van der Waals surface area contributed by atoms with Gasteiger partial charge in [0, 0.05) is 4.83 Å². The lowest BCUT2D eigenvalue weighted by Crippen LogP contribution is -1.93. The highest BCUT2D eigenvalue weighted by atomic mass is 79.9. The van der Waals surface area contributed by atoms with Crippen LogP contribution in [0.15, 0.2) is 24.3 Å². The lowest BCUT2D eigenvalue weighted by atomic mass is 9.97. The van der Waals surface area contributed by atoms with Gasteiger partial charge in [0.25, 0.3) is 0 Å². The molecule has 2 unspecified atom stereocenters. The third kappa shape index (κ3) is 2.84. The lowest BCUT2D eigenvalue weighted by molar-refractivity contribution is 0.732. The van der Waals surface area contributed by atoms with Crippen molar-refractivity contribution in [1.82, 2.24) is 0 Å². The van der Waals surface area contributed by atoms with E-state index in [4.69, 9.17) is 0 Å². The van der Waals surface area contributed by atoms with Crippen molar-refractivity contribution in [2.45, 2.75) is 44.4 Å². The van der Waals surface area contributed by atoms with Crippen LogP contribution in [0.3, 0.4) is 0 Å². The first-order valence-corrected chi connectivity index (χ1v) is 6.34. The normalized spacial score (nSPS) is 15.1. The van der Waals surface area contributed by atoms with E-state index in [0.29, 0.717) is 10.7 Å². The van der Waals surface area contributed by atoms with E-state index in [-0.39, 0.29) is 0 Å². The fourth-order valence-electron chi connectivity index (χ4n) is 1.50. The van der Waals surface area contributed by atoms with E-state index in [1.165, 1.54) is 17.5 Å². The van der Waals surface area contributed by atoms with Crippen molar-refractivity contribution in [2.75, 3.05) is 0 Å². The molecule has 1 aromatic carbocycles. The zero-order valence-electron chi connectivity index (χ0n) is 9.26. The van der Waals surface area contributed by atoms with Gasteiger partial charge in [-0.3, -0.25) is 0 Å². The van der Waals surface area contributed by atoms with Crippen molar-refractivity contribution >= 4 is 15.9 Å². The van der Waals surface area contributed by atoms with Crippen molar-refractivity contribution in [3.63, 3.8) is 0 Å². The summed E-state index contributed by atoms with van der Waals surface area (Å²) in [5.41, 5.74) is 2.84. The predicted molar refractivity (Wildman–Crippen MR) is 67.1 cm³/mol. The van der Waals surface area contributed by atoms with Gasteiger partial charge < -0.3 is 0 Å². The zero-order valence-corrected chi connectivity index (χ0v) is 10.8. The van der Waals surface area contributed by atoms with Crippen molar-refractivity contribution < 1.29 is 0 Å². The maximum Gasteiger partial charge on any atom is 0.0392 e. The summed E-state index contributed by atoms with van der Waals surface area (Å²) >= 11 is 3.66. The number of halogens is 1. The molecule has 0 aliphatic carbocycles. The summed E-state index contributed by atoms with van der Waals surface area (Å²) in [6, 6.07) is 9.00. The average molecular weight is 255 g/mol. The molecule has 0 heterocycles. The van der Waals surface area contributed by atoms with E-state index in [1.807, 2.05) is 0 Å². The first-order chi connectivity index (χ1) is 6.69. The molecule has 78 valence electrons. The Labute approximate surface area is 95.9 Å². The number of benzene rings is 1. The van der Waals surface area contributed by atoms with E-state index >= 15 is 0 Å². The van der Waals surface area contributed by atoms with Crippen LogP contribution >= 0.6 is 15.9 Å². The standard InChI is InChI=1S/C13H19Br/c1-4-10(3)11-6-8-12(9-7-11)13(14)5-2/h6-10,13H,4-5H2,1-3H3. The molecule has 1 heteroatoms. The maximum absolute atomic E-state index is 3.66. The quantitative estimate of drug-likeness (QED) is 0.661. The molecule has 14 heavy (non-hydrogen) atoms. The molecule has 0 saturated carbocycles. The number of hydrogen-bond acceptors (Lipinski definition) is 0. The van der Waals surface area contributed by atoms with E-state index < -0.39 is 0 Å².